The molecule has 0 heterocycles. The second-order valence-electron chi connectivity index (χ2n) is 5.23. The Labute approximate surface area is 105 Å². The molecule has 1 rings (SSSR count). The lowest BCUT2D eigenvalue weighted by Gasteiger charge is -2.32. The van der Waals surface area contributed by atoms with Crippen LogP contribution in [-0.4, -0.2) is 17.3 Å². The first-order valence-corrected chi connectivity index (χ1v) is 6.19. The van der Waals surface area contributed by atoms with Crippen LogP contribution < -0.4 is 0 Å². The largest absolute Gasteiger partial charge is 0.385 e. The molecule has 1 aromatic rings. The lowest BCUT2D eigenvalue weighted by Crippen LogP contribution is -2.33. The van der Waals surface area contributed by atoms with Gasteiger partial charge in [-0.05, 0) is 63.8 Å². The molecule has 0 saturated heterocycles. The molecule has 1 N–H and O–H groups in total. The zero-order valence-electron chi connectivity index (χ0n) is 11.8. The fourth-order valence-corrected chi connectivity index (χ4v) is 2.10. The highest BCUT2D eigenvalue weighted by Crippen LogP contribution is 2.32. The number of aryl methyl sites for hydroxylation is 3. The number of hydrogen-bond donors (Lipinski definition) is 1. The van der Waals surface area contributed by atoms with Gasteiger partial charge in [-0.15, -0.1) is 0 Å². The summed E-state index contributed by atoms with van der Waals surface area (Å²) in [6.07, 6.45) is -0.596. The minimum absolute atomic E-state index is 0.554. The third-order valence-electron chi connectivity index (χ3n) is 3.35. The van der Waals surface area contributed by atoms with Gasteiger partial charge in [-0.25, -0.2) is 0 Å². The quantitative estimate of drug-likeness (QED) is 0.867. The minimum Gasteiger partial charge on any atom is -0.385 e. The summed E-state index contributed by atoms with van der Waals surface area (Å²) in [5, 5.41) is 10.5. The van der Waals surface area contributed by atoms with Gasteiger partial charge in [0, 0.05) is 6.61 Å². The summed E-state index contributed by atoms with van der Waals surface area (Å²) in [4.78, 5) is 0. The van der Waals surface area contributed by atoms with Crippen LogP contribution in [0.15, 0.2) is 12.1 Å². The molecular formula is C15H24O2. The Hall–Kier alpha value is -0.860. The van der Waals surface area contributed by atoms with E-state index in [9.17, 15) is 5.11 Å². The van der Waals surface area contributed by atoms with E-state index in [0.717, 1.165) is 11.1 Å². The molecule has 2 heteroatoms. The molecule has 0 aliphatic carbocycles. The zero-order valence-corrected chi connectivity index (χ0v) is 11.8. The summed E-state index contributed by atoms with van der Waals surface area (Å²) in [7, 11) is 0. The van der Waals surface area contributed by atoms with Crippen LogP contribution in [0.5, 0.6) is 0 Å². The maximum atomic E-state index is 10.5. The summed E-state index contributed by atoms with van der Waals surface area (Å²) < 4.78 is 5.62. The van der Waals surface area contributed by atoms with Crippen LogP contribution in [0, 0.1) is 20.8 Å². The Morgan fingerprint density at radius 3 is 2.18 bits per heavy atom. The molecule has 1 aromatic carbocycles. The lowest BCUT2D eigenvalue weighted by atomic mass is 9.89. The molecule has 17 heavy (non-hydrogen) atoms. The molecule has 96 valence electrons. The first-order chi connectivity index (χ1) is 7.79. The molecule has 0 saturated carbocycles. The van der Waals surface area contributed by atoms with Crippen LogP contribution in [-0.2, 0) is 4.74 Å². The molecule has 0 aliphatic rings. The van der Waals surface area contributed by atoms with E-state index in [-0.39, 0.29) is 0 Å². The van der Waals surface area contributed by atoms with E-state index in [2.05, 4.69) is 26.0 Å². The Morgan fingerprint density at radius 1 is 1.12 bits per heavy atom. The van der Waals surface area contributed by atoms with Crippen molar-refractivity contribution in [2.24, 2.45) is 0 Å². The van der Waals surface area contributed by atoms with Crippen molar-refractivity contribution in [2.75, 3.05) is 6.61 Å². The lowest BCUT2D eigenvalue weighted by molar-refractivity contribution is -0.0985. The summed E-state index contributed by atoms with van der Waals surface area (Å²) in [5.74, 6) is 0. The van der Waals surface area contributed by atoms with Gasteiger partial charge < -0.3 is 9.84 Å². The van der Waals surface area contributed by atoms with Gasteiger partial charge in [0.2, 0.25) is 0 Å². The van der Waals surface area contributed by atoms with Crippen molar-refractivity contribution in [3.63, 3.8) is 0 Å². The third-order valence-corrected chi connectivity index (χ3v) is 3.35. The van der Waals surface area contributed by atoms with E-state index in [4.69, 9.17) is 4.74 Å². The number of benzene rings is 1. The highest BCUT2D eigenvalue weighted by molar-refractivity contribution is 5.38. The highest BCUT2D eigenvalue weighted by atomic mass is 16.5. The van der Waals surface area contributed by atoms with Crippen molar-refractivity contribution in [2.45, 2.75) is 53.2 Å². The van der Waals surface area contributed by atoms with Crippen LogP contribution >= 0.6 is 0 Å². The van der Waals surface area contributed by atoms with Crippen molar-refractivity contribution in [1.29, 1.82) is 0 Å². The number of aliphatic hydroxyl groups excluding tert-OH is 1. The fourth-order valence-electron chi connectivity index (χ4n) is 2.10. The molecule has 0 aromatic heterocycles. The molecule has 1 unspecified atom stereocenters. The zero-order chi connectivity index (χ0) is 13.2. The van der Waals surface area contributed by atoms with Crippen molar-refractivity contribution in [3.8, 4) is 0 Å². The molecule has 0 bridgehead atoms. The Morgan fingerprint density at radius 2 is 1.65 bits per heavy atom. The Balaban J connectivity index is 3.12. The van der Waals surface area contributed by atoms with Gasteiger partial charge >= 0.3 is 0 Å². The monoisotopic (exact) mass is 236 g/mol. The predicted molar refractivity (Wildman–Crippen MR) is 71.3 cm³/mol. The van der Waals surface area contributed by atoms with Crippen molar-refractivity contribution < 1.29 is 9.84 Å². The van der Waals surface area contributed by atoms with Crippen LogP contribution in [0.3, 0.4) is 0 Å². The van der Waals surface area contributed by atoms with E-state index >= 15 is 0 Å². The molecular weight excluding hydrogens is 212 g/mol. The number of ether oxygens (including phenoxy) is 1. The second-order valence-corrected chi connectivity index (χ2v) is 5.23. The normalized spacial score (nSPS) is 13.8. The van der Waals surface area contributed by atoms with Gasteiger partial charge in [0.25, 0.3) is 0 Å². The summed E-state index contributed by atoms with van der Waals surface area (Å²) in [6.45, 7) is 12.6. The minimum atomic E-state index is -0.596. The van der Waals surface area contributed by atoms with Gasteiger partial charge in [0.05, 0.1) is 5.60 Å². The maximum absolute atomic E-state index is 10.5. The molecule has 2 nitrogen and oxygen atoms in total. The van der Waals surface area contributed by atoms with E-state index < -0.39 is 11.7 Å². The molecule has 0 spiro atoms. The Bertz CT molecular complexity index is 394. The number of aliphatic hydroxyl groups is 1. The van der Waals surface area contributed by atoms with Gasteiger partial charge in [0.1, 0.15) is 6.10 Å². The van der Waals surface area contributed by atoms with Crippen LogP contribution in [0.25, 0.3) is 0 Å². The van der Waals surface area contributed by atoms with Crippen molar-refractivity contribution >= 4 is 0 Å². The van der Waals surface area contributed by atoms with Crippen molar-refractivity contribution in [1.82, 2.24) is 0 Å². The molecule has 0 aliphatic heterocycles. The van der Waals surface area contributed by atoms with Gasteiger partial charge in [-0.1, -0.05) is 12.1 Å². The summed E-state index contributed by atoms with van der Waals surface area (Å²) in [6, 6.07) is 4.19. The first kappa shape index (κ1) is 14.2. The van der Waals surface area contributed by atoms with Crippen LogP contribution in [0.4, 0.5) is 0 Å². The average Bonchev–Trinajstić information content (AvgIpc) is 2.22. The van der Waals surface area contributed by atoms with Crippen LogP contribution in [0.2, 0.25) is 0 Å². The van der Waals surface area contributed by atoms with E-state index in [0.29, 0.717) is 6.61 Å². The fraction of sp³-hybridized carbons (Fsp3) is 0.600. The van der Waals surface area contributed by atoms with E-state index in [1.54, 1.807) is 0 Å². The van der Waals surface area contributed by atoms with E-state index in [1.807, 2.05) is 27.7 Å². The Kier molecular flexibility index (Phi) is 4.34. The highest BCUT2D eigenvalue weighted by Gasteiger charge is 2.30. The van der Waals surface area contributed by atoms with Gasteiger partial charge in [-0.2, -0.15) is 0 Å². The smallest absolute Gasteiger partial charge is 0.108 e. The van der Waals surface area contributed by atoms with Gasteiger partial charge in [0.15, 0.2) is 0 Å². The topological polar surface area (TPSA) is 29.5 Å². The SMILES string of the molecule is CCOC(C)(C)C(O)c1cc(C)c(C)cc1C. The summed E-state index contributed by atoms with van der Waals surface area (Å²) >= 11 is 0. The van der Waals surface area contributed by atoms with Gasteiger partial charge in [-0.3, -0.25) is 0 Å². The van der Waals surface area contributed by atoms with E-state index in [1.165, 1.54) is 11.1 Å². The maximum Gasteiger partial charge on any atom is 0.108 e. The molecule has 1 atom stereocenters. The summed E-state index contributed by atoms with van der Waals surface area (Å²) in [5.41, 5.74) is 3.99. The standard InChI is InChI=1S/C15H24O2/c1-7-17-15(5,6)14(16)13-9-11(3)10(2)8-12(13)4/h8-9,14,16H,7H2,1-6H3. The molecule has 0 radical (unpaired) electrons. The first-order valence-electron chi connectivity index (χ1n) is 6.19. The number of rotatable bonds is 4. The third kappa shape index (κ3) is 3.08. The van der Waals surface area contributed by atoms with Crippen molar-refractivity contribution in [3.05, 3.63) is 34.4 Å². The number of hydrogen-bond acceptors (Lipinski definition) is 2. The second kappa shape index (κ2) is 5.19. The average molecular weight is 236 g/mol. The molecule has 0 amide bonds. The molecule has 0 fully saturated rings. The predicted octanol–water partition coefficient (Wildman–Crippen LogP) is 3.46. The van der Waals surface area contributed by atoms with Crippen LogP contribution in [0.1, 0.15) is 49.1 Å².